The molecule has 0 radical (unpaired) electrons. The minimum atomic E-state index is 0.117. The fourth-order valence-electron chi connectivity index (χ4n) is 2.58. The third-order valence-corrected chi connectivity index (χ3v) is 3.58. The van der Waals surface area contributed by atoms with Crippen LogP contribution in [0.1, 0.15) is 11.6 Å². The van der Waals surface area contributed by atoms with E-state index in [4.69, 9.17) is 4.74 Å². The Labute approximate surface area is 116 Å². The van der Waals surface area contributed by atoms with Crippen molar-refractivity contribution >= 4 is 16.6 Å². The predicted octanol–water partition coefficient (Wildman–Crippen LogP) is 3.18. The Morgan fingerprint density at radius 1 is 1.05 bits per heavy atom. The summed E-state index contributed by atoms with van der Waals surface area (Å²) in [5.41, 5.74) is 1.17. The van der Waals surface area contributed by atoms with Crippen LogP contribution in [0.2, 0.25) is 0 Å². The molecule has 3 aromatic rings. The summed E-state index contributed by atoms with van der Waals surface area (Å²) in [7, 11) is 0. The lowest BCUT2D eigenvalue weighted by molar-refractivity contribution is 0.339. The number of hydrogen-bond donors (Lipinski definition) is 1. The number of aromatic nitrogens is 2. The highest BCUT2D eigenvalue weighted by atomic mass is 16.5. The van der Waals surface area contributed by atoms with Crippen LogP contribution in [0.5, 0.6) is 5.75 Å². The van der Waals surface area contributed by atoms with Gasteiger partial charge in [-0.15, -0.1) is 5.10 Å². The highest BCUT2D eigenvalue weighted by Gasteiger charge is 2.24. The number of para-hydroxylation sites is 1. The number of nitrogens with zero attached hydrogens (tertiary/aromatic N) is 2. The Morgan fingerprint density at radius 3 is 2.90 bits per heavy atom. The molecule has 1 atom stereocenters. The van der Waals surface area contributed by atoms with Crippen molar-refractivity contribution in [2.75, 3.05) is 11.9 Å². The van der Waals surface area contributed by atoms with E-state index in [0.717, 1.165) is 22.3 Å². The van der Waals surface area contributed by atoms with Gasteiger partial charge in [-0.2, -0.15) is 5.10 Å². The number of benzene rings is 2. The fourth-order valence-corrected chi connectivity index (χ4v) is 2.58. The molecular weight excluding hydrogens is 250 g/mol. The lowest BCUT2D eigenvalue weighted by atomic mass is 10.1. The molecule has 0 spiro atoms. The summed E-state index contributed by atoms with van der Waals surface area (Å²) in [5.74, 6) is 1.74. The summed E-state index contributed by atoms with van der Waals surface area (Å²) in [5, 5.41) is 13.9. The van der Waals surface area contributed by atoms with Gasteiger partial charge in [0.1, 0.15) is 12.4 Å². The number of hydrogen-bond acceptors (Lipinski definition) is 4. The fraction of sp³-hybridized carbons (Fsp3) is 0.125. The lowest BCUT2D eigenvalue weighted by Crippen LogP contribution is -2.13. The first-order valence-corrected chi connectivity index (χ1v) is 6.60. The van der Waals surface area contributed by atoms with Crippen molar-refractivity contribution in [1.29, 1.82) is 0 Å². The van der Waals surface area contributed by atoms with E-state index in [1.165, 1.54) is 5.56 Å². The summed E-state index contributed by atoms with van der Waals surface area (Å²) in [4.78, 5) is 0. The van der Waals surface area contributed by atoms with Crippen LogP contribution >= 0.6 is 0 Å². The Morgan fingerprint density at radius 2 is 1.90 bits per heavy atom. The zero-order valence-corrected chi connectivity index (χ0v) is 10.8. The molecular formula is C16H13N3O. The van der Waals surface area contributed by atoms with Gasteiger partial charge in [0.2, 0.25) is 0 Å². The molecule has 2 heterocycles. The molecule has 0 bridgehead atoms. The summed E-state index contributed by atoms with van der Waals surface area (Å²) in [6, 6.07) is 16.3. The SMILES string of the molecule is c1ccc2c(c1)OCC2Nc1nncc2ccccc12. The van der Waals surface area contributed by atoms with Crippen LogP contribution in [0.3, 0.4) is 0 Å². The average Bonchev–Trinajstić information content (AvgIpc) is 2.91. The van der Waals surface area contributed by atoms with Crippen molar-refractivity contribution in [3.8, 4) is 5.75 Å². The normalized spacial score (nSPS) is 16.7. The van der Waals surface area contributed by atoms with Gasteiger partial charge in [0, 0.05) is 16.3 Å². The highest BCUT2D eigenvalue weighted by Crippen LogP contribution is 2.34. The Hall–Kier alpha value is -2.62. The number of fused-ring (bicyclic) bond motifs is 2. The zero-order chi connectivity index (χ0) is 13.4. The molecule has 1 aromatic heterocycles. The number of rotatable bonds is 2. The molecule has 4 rings (SSSR count). The maximum absolute atomic E-state index is 5.68. The van der Waals surface area contributed by atoms with Crippen molar-refractivity contribution in [2.45, 2.75) is 6.04 Å². The van der Waals surface area contributed by atoms with E-state index in [0.29, 0.717) is 6.61 Å². The number of nitrogens with one attached hydrogen (secondary N) is 1. The Kier molecular flexibility index (Phi) is 2.52. The van der Waals surface area contributed by atoms with Gasteiger partial charge in [-0.25, -0.2) is 0 Å². The molecule has 1 N–H and O–H groups in total. The summed E-state index contributed by atoms with van der Waals surface area (Å²) in [6.07, 6.45) is 1.78. The van der Waals surface area contributed by atoms with Crippen LogP contribution in [-0.2, 0) is 0 Å². The van der Waals surface area contributed by atoms with Crippen molar-refractivity contribution < 1.29 is 4.74 Å². The third-order valence-electron chi connectivity index (χ3n) is 3.58. The van der Waals surface area contributed by atoms with Gasteiger partial charge < -0.3 is 10.1 Å². The first kappa shape index (κ1) is 11.2. The van der Waals surface area contributed by atoms with Crippen molar-refractivity contribution in [1.82, 2.24) is 10.2 Å². The van der Waals surface area contributed by atoms with Crippen LogP contribution in [0.25, 0.3) is 10.8 Å². The minimum Gasteiger partial charge on any atom is -0.491 e. The largest absolute Gasteiger partial charge is 0.491 e. The average molecular weight is 263 g/mol. The van der Waals surface area contributed by atoms with E-state index < -0.39 is 0 Å². The van der Waals surface area contributed by atoms with Gasteiger partial charge in [-0.1, -0.05) is 42.5 Å². The molecule has 1 aliphatic heterocycles. The van der Waals surface area contributed by atoms with Gasteiger partial charge in [-0.3, -0.25) is 0 Å². The second-order valence-electron chi connectivity index (χ2n) is 4.83. The monoisotopic (exact) mass is 263 g/mol. The van der Waals surface area contributed by atoms with Crippen molar-refractivity contribution in [2.24, 2.45) is 0 Å². The molecule has 20 heavy (non-hydrogen) atoms. The van der Waals surface area contributed by atoms with Crippen LogP contribution in [0.4, 0.5) is 5.82 Å². The van der Waals surface area contributed by atoms with E-state index in [-0.39, 0.29) is 6.04 Å². The van der Waals surface area contributed by atoms with E-state index in [1.54, 1.807) is 6.20 Å². The van der Waals surface area contributed by atoms with Crippen molar-refractivity contribution in [3.05, 3.63) is 60.3 Å². The molecule has 0 fully saturated rings. The second kappa shape index (κ2) is 4.49. The van der Waals surface area contributed by atoms with Gasteiger partial charge in [-0.05, 0) is 6.07 Å². The molecule has 98 valence electrons. The van der Waals surface area contributed by atoms with Gasteiger partial charge in [0.25, 0.3) is 0 Å². The molecule has 0 amide bonds. The van der Waals surface area contributed by atoms with Gasteiger partial charge >= 0.3 is 0 Å². The first-order chi connectivity index (χ1) is 9.92. The van der Waals surface area contributed by atoms with E-state index in [2.05, 4.69) is 21.6 Å². The molecule has 0 aliphatic carbocycles. The minimum absolute atomic E-state index is 0.117. The van der Waals surface area contributed by atoms with Crippen molar-refractivity contribution in [3.63, 3.8) is 0 Å². The van der Waals surface area contributed by atoms with Crippen LogP contribution in [0.15, 0.2) is 54.7 Å². The quantitative estimate of drug-likeness (QED) is 0.771. The molecule has 0 saturated heterocycles. The standard InChI is InChI=1S/C16H13N3O/c1-2-6-12-11(5-1)9-17-19-16(12)18-14-10-20-15-8-4-3-7-13(14)15/h1-9,14H,10H2,(H,18,19). The maximum atomic E-state index is 5.68. The van der Waals surface area contributed by atoms with Crippen LogP contribution in [0, 0.1) is 0 Å². The smallest absolute Gasteiger partial charge is 0.157 e. The van der Waals surface area contributed by atoms with Crippen LogP contribution in [-0.4, -0.2) is 16.8 Å². The maximum Gasteiger partial charge on any atom is 0.157 e. The first-order valence-electron chi connectivity index (χ1n) is 6.60. The zero-order valence-electron chi connectivity index (χ0n) is 10.8. The molecule has 4 nitrogen and oxygen atoms in total. The highest BCUT2D eigenvalue weighted by molar-refractivity contribution is 5.91. The van der Waals surface area contributed by atoms with Crippen LogP contribution < -0.4 is 10.1 Å². The molecule has 1 unspecified atom stereocenters. The van der Waals surface area contributed by atoms with E-state index in [9.17, 15) is 0 Å². The van der Waals surface area contributed by atoms with Gasteiger partial charge in [0.15, 0.2) is 5.82 Å². The summed E-state index contributed by atoms with van der Waals surface area (Å²) < 4.78 is 5.68. The lowest BCUT2D eigenvalue weighted by Gasteiger charge is -2.13. The Bertz CT molecular complexity index is 767. The number of ether oxygens (including phenoxy) is 1. The summed E-state index contributed by atoms with van der Waals surface area (Å²) in [6.45, 7) is 0.615. The molecule has 0 saturated carbocycles. The topological polar surface area (TPSA) is 47.0 Å². The molecule has 1 aliphatic rings. The van der Waals surface area contributed by atoms with E-state index >= 15 is 0 Å². The third kappa shape index (κ3) is 1.77. The second-order valence-corrected chi connectivity index (χ2v) is 4.83. The van der Waals surface area contributed by atoms with E-state index in [1.807, 2.05) is 42.5 Å². The molecule has 2 aromatic carbocycles. The Balaban J connectivity index is 1.73. The molecule has 4 heteroatoms. The predicted molar refractivity (Wildman–Crippen MR) is 77.8 cm³/mol. The number of anilines is 1. The van der Waals surface area contributed by atoms with Gasteiger partial charge in [0.05, 0.1) is 12.2 Å². The summed E-state index contributed by atoms with van der Waals surface area (Å²) >= 11 is 0.